The molecule has 3 amide bonds. The fraction of sp³-hybridized carbons (Fsp3) is 0.125. The van der Waals surface area contributed by atoms with Gasteiger partial charge in [0.15, 0.2) is 11.5 Å². The van der Waals surface area contributed by atoms with Crippen LogP contribution >= 0.6 is 0 Å². The lowest BCUT2D eigenvalue weighted by molar-refractivity contribution is 0.0642. The minimum absolute atomic E-state index is 0.195. The summed E-state index contributed by atoms with van der Waals surface area (Å²) in [6.45, 7) is 0.195. The van der Waals surface area contributed by atoms with Gasteiger partial charge in [-0.1, -0.05) is 30.3 Å². The van der Waals surface area contributed by atoms with Gasteiger partial charge in [-0.2, -0.15) is 0 Å². The molecule has 0 atom stereocenters. The van der Waals surface area contributed by atoms with Crippen molar-refractivity contribution >= 4 is 23.4 Å². The van der Waals surface area contributed by atoms with Crippen molar-refractivity contribution in [3.05, 3.63) is 89.0 Å². The summed E-state index contributed by atoms with van der Waals surface area (Å²) in [7, 11) is 3.01. The van der Waals surface area contributed by atoms with Gasteiger partial charge in [0.25, 0.3) is 17.7 Å². The molecule has 31 heavy (non-hydrogen) atoms. The molecule has 1 heterocycles. The number of carbonyl (C=O) groups excluding carboxylic acids is 3. The second-order valence-corrected chi connectivity index (χ2v) is 6.97. The minimum atomic E-state index is -0.383. The van der Waals surface area contributed by atoms with Gasteiger partial charge >= 0.3 is 0 Å². The summed E-state index contributed by atoms with van der Waals surface area (Å²) in [5.41, 5.74) is 2.24. The average Bonchev–Trinajstić information content (AvgIpc) is 3.03. The lowest BCUT2D eigenvalue weighted by Gasteiger charge is -2.13. The number of benzene rings is 3. The Morgan fingerprint density at radius 1 is 0.839 bits per heavy atom. The largest absolute Gasteiger partial charge is 0.493 e. The molecule has 0 spiro atoms. The maximum absolute atomic E-state index is 12.8. The first kappa shape index (κ1) is 20.2. The van der Waals surface area contributed by atoms with Crippen molar-refractivity contribution in [1.82, 2.24) is 4.90 Å². The first-order chi connectivity index (χ1) is 15.0. The van der Waals surface area contributed by atoms with Crippen LogP contribution in [0.4, 0.5) is 5.69 Å². The number of methoxy groups -OCH3 is 2. The van der Waals surface area contributed by atoms with Crippen LogP contribution in [0.25, 0.3) is 0 Å². The van der Waals surface area contributed by atoms with Crippen LogP contribution < -0.4 is 14.8 Å². The summed E-state index contributed by atoms with van der Waals surface area (Å²) < 4.78 is 10.4. The van der Waals surface area contributed by atoms with Crippen LogP contribution in [-0.4, -0.2) is 36.8 Å². The van der Waals surface area contributed by atoms with E-state index in [9.17, 15) is 14.4 Å². The van der Waals surface area contributed by atoms with E-state index < -0.39 is 0 Å². The number of imide groups is 1. The summed E-state index contributed by atoms with van der Waals surface area (Å²) >= 11 is 0. The molecule has 0 unspecified atom stereocenters. The van der Waals surface area contributed by atoms with E-state index in [1.807, 2.05) is 30.3 Å². The van der Waals surface area contributed by atoms with Gasteiger partial charge < -0.3 is 14.8 Å². The van der Waals surface area contributed by atoms with Gasteiger partial charge in [-0.3, -0.25) is 19.3 Å². The fourth-order valence-corrected chi connectivity index (χ4v) is 3.46. The van der Waals surface area contributed by atoms with Crippen LogP contribution in [0.2, 0.25) is 0 Å². The monoisotopic (exact) mass is 416 g/mol. The predicted molar refractivity (Wildman–Crippen MR) is 115 cm³/mol. The average molecular weight is 416 g/mol. The van der Waals surface area contributed by atoms with Crippen molar-refractivity contribution in [3.63, 3.8) is 0 Å². The summed E-state index contributed by atoms with van der Waals surface area (Å²) in [5, 5.41) is 2.76. The first-order valence-corrected chi connectivity index (χ1v) is 9.59. The fourth-order valence-electron chi connectivity index (χ4n) is 3.46. The molecular weight excluding hydrogens is 396 g/mol. The van der Waals surface area contributed by atoms with Gasteiger partial charge in [0, 0.05) is 11.3 Å². The molecule has 156 valence electrons. The van der Waals surface area contributed by atoms with Crippen molar-refractivity contribution in [3.8, 4) is 11.5 Å². The molecule has 3 aromatic rings. The van der Waals surface area contributed by atoms with Crippen molar-refractivity contribution in [2.45, 2.75) is 6.54 Å². The number of ether oxygens (including phenoxy) is 2. The highest BCUT2D eigenvalue weighted by Gasteiger charge is 2.35. The van der Waals surface area contributed by atoms with Crippen molar-refractivity contribution < 1.29 is 23.9 Å². The summed E-state index contributed by atoms with van der Waals surface area (Å²) in [6, 6.07) is 18.8. The van der Waals surface area contributed by atoms with E-state index in [-0.39, 0.29) is 29.8 Å². The standard InChI is InChI=1S/C24H20N2O5/c1-30-20-11-8-16(12-21(20)31-2)22(27)25-17-9-10-18-19(13-17)24(29)26(23(18)28)14-15-6-4-3-5-7-15/h3-13H,14H2,1-2H3,(H,25,27). The second kappa shape index (κ2) is 8.31. The lowest BCUT2D eigenvalue weighted by atomic mass is 10.1. The van der Waals surface area contributed by atoms with Crippen LogP contribution in [0.15, 0.2) is 66.7 Å². The van der Waals surface area contributed by atoms with E-state index in [2.05, 4.69) is 5.32 Å². The van der Waals surface area contributed by atoms with Gasteiger partial charge in [-0.15, -0.1) is 0 Å². The number of hydrogen-bond donors (Lipinski definition) is 1. The van der Waals surface area contributed by atoms with Crippen LogP contribution in [0.3, 0.4) is 0 Å². The highest BCUT2D eigenvalue weighted by atomic mass is 16.5. The van der Waals surface area contributed by atoms with Gasteiger partial charge in [0.2, 0.25) is 0 Å². The Labute approximate surface area is 179 Å². The third-order valence-corrected chi connectivity index (χ3v) is 5.06. The number of rotatable bonds is 6. The summed E-state index contributed by atoms with van der Waals surface area (Å²) in [6.07, 6.45) is 0. The number of fused-ring (bicyclic) bond motifs is 1. The molecule has 1 N–H and O–H groups in total. The molecule has 7 heteroatoms. The van der Waals surface area contributed by atoms with Crippen molar-refractivity contribution in [2.75, 3.05) is 19.5 Å². The second-order valence-electron chi connectivity index (χ2n) is 6.97. The number of carbonyl (C=O) groups is 3. The van der Waals surface area contributed by atoms with Crippen LogP contribution in [0, 0.1) is 0 Å². The number of amides is 3. The van der Waals surface area contributed by atoms with Gasteiger partial charge in [-0.25, -0.2) is 0 Å². The first-order valence-electron chi connectivity index (χ1n) is 9.59. The van der Waals surface area contributed by atoms with Gasteiger partial charge in [-0.05, 0) is 42.0 Å². The normalized spacial score (nSPS) is 12.5. The highest BCUT2D eigenvalue weighted by Crippen LogP contribution is 2.29. The van der Waals surface area contributed by atoms with Crippen molar-refractivity contribution in [1.29, 1.82) is 0 Å². The molecule has 0 saturated carbocycles. The molecular formula is C24H20N2O5. The van der Waals surface area contributed by atoms with E-state index in [0.717, 1.165) is 5.56 Å². The van der Waals surface area contributed by atoms with E-state index in [0.29, 0.717) is 28.3 Å². The summed E-state index contributed by atoms with van der Waals surface area (Å²) in [4.78, 5) is 39.4. The third kappa shape index (κ3) is 3.85. The molecule has 3 aromatic carbocycles. The van der Waals surface area contributed by atoms with Crippen LogP contribution in [-0.2, 0) is 6.54 Å². The molecule has 0 aromatic heterocycles. The summed E-state index contributed by atoms with van der Waals surface area (Å²) in [5.74, 6) is -0.160. The maximum atomic E-state index is 12.8. The number of anilines is 1. The van der Waals surface area contributed by atoms with Gasteiger partial charge in [0.1, 0.15) is 0 Å². The van der Waals surface area contributed by atoms with Crippen LogP contribution in [0.5, 0.6) is 11.5 Å². The Kier molecular flexibility index (Phi) is 5.41. The Hall–Kier alpha value is -4.13. The SMILES string of the molecule is COc1ccc(C(=O)Nc2ccc3c(c2)C(=O)N(Cc2ccccc2)C3=O)cc1OC. The van der Waals surface area contributed by atoms with E-state index in [4.69, 9.17) is 9.47 Å². The molecule has 0 saturated heterocycles. The van der Waals surface area contributed by atoms with E-state index >= 15 is 0 Å². The molecule has 0 radical (unpaired) electrons. The lowest BCUT2D eigenvalue weighted by Crippen LogP contribution is -2.29. The Morgan fingerprint density at radius 3 is 2.26 bits per heavy atom. The zero-order chi connectivity index (χ0) is 22.0. The maximum Gasteiger partial charge on any atom is 0.261 e. The zero-order valence-electron chi connectivity index (χ0n) is 17.0. The Bertz CT molecular complexity index is 1170. The smallest absolute Gasteiger partial charge is 0.261 e. The topological polar surface area (TPSA) is 84.9 Å². The zero-order valence-corrected chi connectivity index (χ0v) is 17.0. The molecule has 0 aliphatic carbocycles. The predicted octanol–water partition coefficient (Wildman–Crippen LogP) is 3.75. The Balaban J connectivity index is 1.54. The van der Waals surface area contributed by atoms with Gasteiger partial charge in [0.05, 0.1) is 31.9 Å². The number of nitrogens with zero attached hydrogens (tertiary/aromatic N) is 1. The molecule has 4 rings (SSSR count). The van der Waals surface area contributed by atoms with Crippen molar-refractivity contribution in [2.24, 2.45) is 0 Å². The molecule has 1 aliphatic rings. The quantitative estimate of drug-likeness (QED) is 0.619. The molecule has 1 aliphatic heterocycles. The number of nitrogens with one attached hydrogen (secondary N) is 1. The molecule has 0 fully saturated rings. The van der Waals surface area contributed by atoms with Crippen LogP contribution in [0.1, 0.15) is 36.6 Å². The third-order valence-electron chi connectivity index (χ3n) is 5.06. The highest BCUT2D eigenvalue weighted by molar-refractivity contribution is 6.22. The van der Waals surface area contributed by atoms with E-state index in [1.165, 1.54) is 25.2 Å². The molecule has 0 bridgehead atoms. The van der Waals surface area contributed by atoms with E-state index in [1.54, 1.807) is 30.3 Å². The minimum Gasteiger partial charge on any atom is -0.493 e. The number of hydrogen-bond acceptors (Lipinski definition) is 5. The molecule has 7 nitrogen and oxygen atoms in total. The Morgan fingerprint density at radius 2 is 1.55 bits per heavy atom.